The standard InChI is InChI=1S/C16H24N2O3/c1-11(2)8-15(10-19)18-16(21)14-6-4-13(5-7-14)9-17-12(3)20/h4-7,11,15,19H,8-10H2,1-3H3,(H,17,20)(H,18,21). The quantitative estimate of drug-likeness (QED) is 0.712. The molecule has 0 bridgehead atoms. The first-order valence-electron chi connectivity index (χ1n) is 7.17. The second-order valence-corrected chi connectivity index (χ2v) is 5.59. The number of rotatable bonds is 7. The summed E-state index contributed by atoms with van der Waals surface area (Å²) < 4.78 is 0. The van der Waals surface area contributed by atoms with Gasteiger partial charge in [-0.2, -0.15) is 0 Å². The summed E-state index contributed by atoms with van der Waals surface area (Å²) in [5.74, 6) is 0.125. The zero-order chi connectivity index (χ0) is 15.8. The summed E-state index contributed by atoms with van der Waals surface area (Å²) in [6.45, 7) is 5.94. The molecule has 0 saturated carbocycles. The van der Waals surface area contributed by atoms with Gasteiger partial charge >= 0.3 is 0 Å². The van der Waals surface area contributed by atoms with E-state index < -0.39 is 0 Å². The topological polar surface area (TPSA) is 78.4 Å². The molecule has 0 saturated heterocycles. The Morgan fingerprint density at radius 1 is 1.19 bits per heavy atom. The van der Waals surface area contributed by atoms with Crippen LogP contribution in [-0.4, -0.2) is 29.6 Å². The van der Waals surface area contributed by atoms with E-state index in [-0.39, 0.29) is 24.5 Å². The maximum Gasteiger partial charge on any atom is 0.251 e. The van der Waals surface area contributed by atoms with Crippen molar-refractivity contribution < 1.29 is 14.7 Å². The summed E-state index contributed by atoms with van der Waals surface area (Å²) in [5, 5.41) is 14.8. The van der Waals surface area contributed by atoms with Gasteiger partial charge < -0.3 is 15.7 Å². The van der Waals surface area contributed by atoms with Gasteiger partial charge in [0.15, 0.2) is 0 Å². The summed E-state index contributed by atoms with van der Waals surface area (Å²) in [4.78, 5) is 22.9. The zero-order valence-electron chi connectivity index (χ0n) is 12.8. The normalized spacial score (nSPS) is 12.0. The van der Waals surface area contributed by atoms with Gasteiger partial charge in [-0.3, -0.25) is 9.59 Å². The molecule has 0 fully saturated rings. The van der Waals surface area contributed by atoms with Gasteiger partial charge in [0.25, 0.3) is 5.91 Å². The summed E-state index contributed by atoms with van der Waals surface area (Å²) in [5.41, 5.74) is 1.48. The van der Waals surface area contributed by atoms with Crippen LogP contribution in [0.2, 0.25) is 0 Å². The van der Waals surface area contributed by atoms with E-state index in [4.69, 9.17) is 0 Å². The van der Waals surface area contributed by atoms with E-state index in [1.807, 2.05) is 13.8 Å². The maximum atomic E-state index is 12.1. The lowest BCUT2D eigenvalue weighted by Gasteiger charge is -2.18. The van der Waals surface area contributed by atoms with Crippen molar-refractivity contribution in [2.45, 2.75) is 39.8 Å². The predicted molar refractivity (Wildman–Crippen MR) is 81.8 cm³/mol. The number of carbonyl (C=O) groups is 2. The number of aliphatic hydroxyl groups excluding tert-OH is 1. The molecule has 1 unspecified atom stereocenters. The molecule has 2 amide bonds. The van der Waals surface area contributed by atoms with Crippen LogP contribution >= 0.6 is 0 Å². The van der Waals surface area contributed by atoms with E-state index in [1.54, 1.807) is 24.3 Å². The predicted octanol–water partition coefficient (Wildman–Crippen LogP) is 1.46. The van der Waals surface area contributed by atoms with Crippen molar-refractivity contribution in [3.63, 3.8) is 0 Å². The average molecular weight is 292 g/mol. The minimum Gasteiger partial charge on any atom is -0.394 e. The molecular formula is C16H24N2O3. The summed E-state index contributed by atoms with van der Waals surface area (Å²) in [7, 11) is 0. The van der Waals surface area contributed by atoms with Crippen molar-refractivity contribution in [3.8, 4) is 0 Å². The Morgan fingerprint density at radius 2 is 1.81 bits per heavy atom. The Labute approximate surface area is 125 Å². The number of carbonyl (C=O) groups excluding carboxylic acids is 2. The molecule has 0 radical (unpaired) electrons. The highest BCUT2D eigenvalue weighted by Gasteiger charge is 2.14. The van der Waals surface area contributed by atoms with Crippen molar-refractivity contribution >= 4 is 11.8 Å². The molecule has 0 aliphatic carbocycles. The smallest absolute Gasteiger partial charge is 0.251 e. The van der Waals surface area contributed by atoms with Gasteiger partial charge in [0.1, 0.15) is 0 Å². The second-order valence-electron chi connectivity index (χ2n) is 5.59. The lowest BCUT2D eigenvalue weighted by Crippen LogP contribution is -2.38. The Hall–Kier alpha value is -1.88. The second kappa shape index (κ2) is 8.42. The SMILES string of the molecule is CC(=O)NCc1ccc(C(=O)NC(CO)CC(C)C)cc1. The summed E-state index contributed by atoms with van der Waals surface area (Å²) in [6, 6.07) is 6.83. The molecule has 116 valence electrons. The molecule has 5 nitrogen and oxygen atoms in total. The first kappa shape index (κ1) is 17.2. The van der Waals surface area contributed by atoms with Crippen LogP contribution in [0.25, 0.3) is 0 Å². The molecule has 21 heavy (non-hydrogen) atoms. The molecule has 3 N–H and O–H groups in total. The first-order valence-corrected chi connectivity index (χ1v) is 7.17. The van der Waals surface area contributed by atoms with Crippen molar-refractivity contribution in [2.75, 3.05) is 6.61 Å². The van der Waals surface area contributed by atoms with Crippen LogP contribution in [0, 0.1) is 5.92 Å². The van der Waals surface area contributed by atoms with Crippen LogP contribution in [0.15, 0.2) is 24.3 Å². The molecule has 0 spiro atoms. The third-order valence-electron chi connectivity index (χ3n) is 3.07. The Bertz CT molecular complexity index is 469. The fraction of sp³-hybridized carbons (Fsp3) is 0.500. The van der Waals surface area contributed by atoms with Crippen LogP contribution in [-0.2, 0) is 11.3 Å². The van der Waals surface area contributed by atoms with Gasteiger partial charge in [-0.05, 0) is 30.0 Å². The van der Waals surface area contributed by atoms with E-state index >= 15 is 0 Å². The van der Waals surface area contributed by atoms with Crippen LogP contribution in [0.5, 0.6) is 0 Å². The average Bonchev–Trinajstić information content (AvgIpc) is 2.44. The maximum absolute atomic E-state index is 12.1. The monoisotopic (exact) mass is 292 g/mol. The highest BCUT2D eigenvalue weighted by molar-refractivity contribution is 5.94. The van der Waals surface area contributed by atoms with Crippen LogP contribution < -0.4 is 10.6 Å². The van der Waals surface area contributed by atoms with Gasteiger partial charge in [-0.15, -0.1) is 0 Å². The van der Waals surface area contributed by atoms with E-state index in [9.17, 15) is 14.7 Å². The number of hydrogen-bond acceptors (Lipinski definition) is 3. The van der Waals surface area contributed by atoms with Crippen molar-refractivity contribution in [3.05, 3.63) is 35.4 Å². The van der Waals surface area contributed by atoms with Crippen molar-refractivity contribution in [1.29, 1.82) is 0 Å². The summed E-state index contributed by atoms with van der Waals surface area (Å²) in [6.07, 6.45) is 0.739. The number of hydrogen-bond donors (Lipinski definition) is 3. The van der Waals surface area contributed by atoms with Crippen molar-refractivity contribution in [1.82, 2.24) is 10.6 Å². The Morgan fingerprint density at radius 3 is 2.29 bits per heavy atom. The summed E-state index contributed by atoms with van der Waals surface area (Å²) >= 11 is 0. The van der Waals surface area contributed by atoms with E-state index in [0.29, 0.717) is 18.0 Å². The van der Waals surface area contributed by atoms with Gasteiger partial charge in [-0.1, -0.05) is 26.0 Å². The molecule has 1 atom stereocenters. The Kier molecular flexibility index (Phi) is 6.88. The largest absolute Gasteiger partial charge is 0.394 e. The Balaban J connectivity index is 2.59. The first-order chi connectivity index (χ1) is 9.92. The van der Waals surface area contributed by atoms with E-state index in [1.165, 1.54) is 6.92 Å². The minimum atomic E-state index is -0.225. The molecule has 0 aromatic heterocycles. The fourth-order valence-corrected chi connectivity index (χ4v) is 2.02. The highest BCUT2D eigenvalue weighted by atomic mass is 16.3. The van der Waals surface area contributed by atoms with E-state index in [0.717, 1.165) is 12.0 Å². The van der Waals surface area contributed by atoms with Gasteiger partial charge in [0.2, 0.25) is 5.91 Å². The zero-order valence-corrected chi connectivity index (χ0v) is 12.8. The molecular weight excluding hydrogens is 268 g/mol. The van der Waals surface area contributed by atoms with Gasteiger partial charge in [0, 0.05) is 19.0 Å². The van der Waals surface area contributed by atoms with Crippen LogP contribution in [0.3, 0.4) is 0 Å². The van der Waals surface area contributed by atoms with Gasteiger partial charge in [0.05, 0.1) is 12.6 Å². The lowest BCUT2D eigenvalue weighted by molar-refractivity contribution is -0.119. The van der Waals surface area contributed by atoms with E-state index in [2.05, 4.69) is 10.6 Å². The molecule has 1 aromatic rings. The van der Waals surface area contributed by atoms with Crippen LogP contribution in [0.1, 0.15) is 43.1 Å². The fourth-order valence-electron chi connectivity index (χ4n) is 2.02. The molecule has 0 heterocycles. The highest BCUT2D eigenvalue weighted by Crippen LogP contribution is 2.08. The van der Waals surface area contributed by atoms with Gasteiger partial charge in [-0.25, -0.2) is 0 Å². The molecule has 0 aliphatic rings. The third-order valence-corrected chi connectivity index (χ3v) is 3.07. The number of nitrogens with one attached hydrogen (secondary N) is 2. The molecule has 1 aromatic carbocycles. The molecule has 0 aliphatic heterocycles. The number of amides is 2. The third kappa shape index (κ3) is 6.40. The number of benzene rings is 1. The van der Waals surface area contributed by atoms with Crippen molar-refractivity contribution in [2.24, 2.45) is 5.92 Å². The minimum absolute atomic E-state index is 0.0649. The molecule has 5 heteroatoms. The number of aliphatic hydroxyl groups is 1. The molecule has 1 rings (SSSR count). The lowest BCUT2D eigenvalue weighted by atomic mass is 10.0. The van der Waals surface area contributed by atoms with Crippen LogP contribution in [0.4, 0.5) is 0 Å².